The Hall–Kier alpha value is -2.49. The highest BCUT2D eigenvalue weighted by Crippen LogP contribution is 2.17. The maximum Gasteiger partial charge on any atom is 0.306 e. The first-order chi connectivity index (χ1) is 33.8. The van der Waals surface area contributed by atoms with Gasteiger partial charge >= 0.3 is 17.9 Å². The summed E-state index contributed by atoms with van der Waals surface area (Å²) in [6.45, 7) is 5.76. The number of esters is 3. The molecule has 0 rings (SSSR count). The third-order valence-corrected chi connectivity index (χ3v) is 13.2. The zero-order valence-corrected chi connectivity index (χ0v) is 45.2. The van der Waals surface area contributed by atoms with Gasteiger partial charge in [-0.2, -0.15) is 0 Å². The van der Waals surface area contributed by atoms with Crippen molar-refractivity contribution in [3.05, 3.63) is 36.5 Å². The minimum Gasteiger partial charge on any atom is -0.463 e. The molecule has 0 fully saturated rings. The SMILES string of the molecule is CCCCCCCCC=CCCCCCCCC(=O)OCC(O)C(O)C(O)C(COC(=O)CCCCCCCC=CCCCCCCCC)OC(=O)CCCCCCCC=CCCCCCCCC. The van der Waals surface area contributed by atoms with E-state index in [1.54, 1.807) is 0 Å². The minimum absolute atomic E-state index is 0.122. The molecular formula is C60H110O9. The van der Waals surface area contributed by atoms with Crippen LogP contribution in [0.5, 0.6) is 0 Å². The van der Waals surface area contributed by atoms with Gasteiger partial charge in [0.25, 0.3) is 0 Å². The average Bonchev–Trinajstić information content (AvgIpc) is 3.35. The number of hydrogen-bond acceptors (Lipinski definition) is 9. The van der Waals surface area contributed by atoms with E-state index in [2.05, 4.69) is 57.2 Å². The van der Waals surface area contributed by atoms with E-state index in [0.717, 1.165) is 109 Å². The standard InChI is InChI=1S/C60H110O9/c1-4-7-10-13-16-19-22-25-28-31-34-37-40-43-46-49-56(62)67-52-54(61)59(65)60(66)55(69-58(64)51-48-45-42-39-36-33-30-27-24-21-18-15-12-9-6-3)53-68-57(63)50-47-44-41-38-35-32-29-26-23-20-17-14-11-8-5-2/h25-30,54-55,59-61,65-66H,4-24,31-53H2,1-3H3. The van der Waals surface area contributed by atoms with E-state index < -0.39 is 55.5 Å². The zero-order chi connectivity index (χ0) is 50.5. The molecule has 69 heavy (non-hydrogen) atoms. The molecule has 9 heteroatoms. The predicted molar refractivity (Wildman–Crippen MR) is 288 cm³/mol. The normalized spacial score (nSPS) is 13.7. The number of aliphatic hydroxyl groups excluding tert-OH is 3. The molecule has 3 N–H and O–H groups in total. The van der Waals surface area contributed by atoms with Crippen LogP contribution in [0.15, 0.2) is 36.5 Å². The van der Waals surface area contributed by atoms with Gasteiger partial charge in [0.15, 0.2) is 6.10 Å². The van der Waals surface area contributed by atoms with Crippen LogP contribution in [0.4, 0.5) is 0 Å². The summed E-state index contributed by atoms with van der Waals surface area (Å²) in [7, 11) is 0. The first-order valence-corrected chi connectivity index (χ1v) is 29.3. The summed E-state index contributed by atoms with van der Waals surface area (Å²) in [6.07, 6.45) is 52.5. The Bertz CT molecular complexity index is 1210. The highest BCUT2D eigenvalue weighted by atomic mass is 16.6. The first kappa shape index (κ1) is 66.5. The van der Waals surface area contributed by atoms with E-state index in [1.807, 2.05) is 0 Å². The van der Waals surface area contributed by atoms with Crippen molar-refractivity contribution in [2.45, 2.75) is 315 Å². The number of rotatable bonds is 53. The lowest BCUT2D eigenvalue weighted by atomic mass is 10.0. The van der Waals surface area contributed by atoms with Crippen molar-refractivity contribution in [3.8, 4) is 0 Å². The van der Waals surface area contributed by atoms with E-state index in [1.165, 1.54) is 122 Å². The van der Waals surface area contributed by atoms with Gasteiger partial charge < -0.3 is 29.5 Å². The Kier molecular flexibility index (Phi) is 51.4. The summed E-state index contributed by atoms with van der Waals surface area (Å²) in [5, 5.41) is 32.7. The molecule has 0 saturated heterocycles. The molecule has 0 aromatic carbocycles. The summed E-state index contributed by atoms with van der Waals surface area (Å²) in [5.41, 5.74) is 0. The maximum atomic E-state index is 13.0. The van der Waals surface area contributed by atoms with Gasteiger partial charge in [-0.1, -0.05) is 211 Å². The van der Waals surface area contributed by atoms with Crippen LogP contribution in [-0.4, -0.2) is 70.9 Å². The van der Waals surface area contributed by atoms with Crippen LogP contribution in [0.25, 0.3) is 0 Å². The van der Waals surface area contributed by atoms with Crippen LogP contribution in [0.2, 0.25) is 0 Å². The lowest BCUT2D eigenvalue weighted by Crippen LogP contribution is -2.49. The van der Waals surface area contributed by atoms with Gasteiger partial charge in [-0.3, -0.25) is 14.4 Å². The first-order valence-electron chi connectivity index (χ1n) is 29.3. The maximum absolute atomic E-state index is 13.0. The average molecular weight is 976 g/mol. The Labute approximate surface area is 424 Å². The van der Waals surface area contributed by atoms with Gasteiger partial charge in [0.2, 0.25) is 0 Å². The van der Waals surface area contributed by atoms with Crippen molar-refractivity contribution in [3.63, 3.8) is 0 Å². The van der Waals surface area contributed by atoms with Gasteiger partial charge in [-0.15, -0.1) is 0 Å². The van der Waals surface area contributed by atoms with E-state index in [-0.39, 0.29) is 19.3 Å². The van der Waals surface area contributed by atoms with Gasteiger partial charge in [0.05, 0.1) is 0 Å². The zero-order valence-electron chi connectivity index (χ0n) is 45.2. The molecule has 0 aliphatic rings. The van der Waals surface area contributed by atoms with Crippen LogP contribution >= 0.6 is 0 Å². The molecule has 0 aliphatic carbocycles. The molecule has 0 heterocycles. The van der Waals surface area contributed by atoms with E-state index in [4.69, 9.17) is 14.2 Å². The molecule has 0 aromatic heterocycles. The van der Waals surface area contributed by atoms with Crippen molar-refractivity contribution in [2.75, 3.05) is 13.2 Å². The van der Waals surface area contributed by atoms with Crippen LogP contribution in [-0.2, 0) is 28.6 Å². The summed E-state index contributed by atoms with van der Waals surface area (Å²) in [5.74, 6) is -1.53. The van der Waals surface area contributed by atoms with Gasteiger partial charge in [-0.25, -0.2) is 0 Å². The van der Waals surface area contributed by atoms with Gasteiger partial charge in [0, 0.05) is 19.3 Å². The minimum atomic E-state index is -1.81. The summed E-state index contributed by atoms with van der Waals surface area (Å²) < 4.78 is 16.3. The molecule has 0 radical (unpaired) electrons. The quantitative estimate of drug-likeness (QED) is 0.0235. The van der Waals surface area contributed by atoms with Crippen molar-refractivity contribution >= 4 is 17.9 Å². The highest BCUT2D eigenvalue weighted by Gasteiger charge is 2.35. The van der Waals surface area contributed by atoms with Crippen molar-refractivity contribution < 1.29 is 43.9 Å². The van der Waals surface area contributed by atoms with Gasteiger partial charge in [-0.05, 0) is 96.3 Å². The lowest BCUT2D eigenvalue weighted by molar-refractivity contribution is -0.180. The van der Waals surface area contributed by atoms with Crippen LogP contribution in [0.1, 0.15) is 290 Å². The predicted octanol–water partition coefficient (Wildman–Crippen LogP) is 16.2. The van der Waals surface area contributed by atoms with Gasteiger partial charge in [0.1, 0.15) is 31.5 Å². The molecule has 0 spiro atoms. The van der Waals surface area contributed by atoms with Crippen molar-refractivity contribution in [1.29, 1.82) is 0 Å². The molecule has 0 bridgehead atoms. The highest BCUT2D eigenvalue weighted by molar-refractivity contribution is 5.70. The lowest BCUT2D eigenvalue weighted by Gasteiger charge is -2.29. The second-order valence-electron chi connectivity index (χ2n) is 19.9. The smallest absolute Gasteiger partial charge is 0.306 e. The Balaban J connectivity index is 4.69. The summed E-state index contributed by atoms with van der Waals surface area (Å²) >= 11 is 0. The topological polar surface area (TPSA) is 140 Å². The number of aliphatic hydroxyl groups is 3. The number of hydrogen-bond donors (Lipinski definition) is 3. The van der Waals surface area contributed by atoms with Crippen LogP contribution in [0, 0.1) is 0 Å². The third kappa shape index (κ3) is 47.6. The third-order valence-electron chi connectivity index (χ3n) is 13.2. The molecule has 0 saturated carbocycles. The number of carbonyl (C=O) groups excluding carboxylic acids is 3. The Morgan fingerprint density at radius 3 is 0.913 bits per heavy atom. The fourth-order valence-electron chi connectivity index (χ4n) is 8.49. The summed E-state index contributed by atoms with van der Waals surface area (Å²) in [4.78, 5) is 38.1. The molecule has 0 aromatic rings. The van der Waals surface area contributed by atoms with Crippen molar-refractivity contribution in [2.24, 2.45) is 0 Å². The molecule has 9 nitrogen and oxygen atoms in total. The molecule has 0 amide bonds. The number of allylic oxidation sites excluding steroid dienone is 6. The summed E-state index contributed by atoms with van der Waals surface area (Å²) in [6, 6.07) is 0. The van der Waals surface area contributed by atoms with Crippen LogP contribution in [0.3, 0.4) is 0 Å². The molecule has 0 aliphatic heterocycles. The second kappa shape index (κ2) is 53.3. The van der Waals surface area contributed by atoms with Crippen molar-refractivity contribution in [1.82, 2.24) is 0 Å². The molecule has 4 atom stereocenters. The second-order valence-corrected chi connectivity index (χ2v) is 19.9. The fourth-order valence-corrected chi connectivity index (χ4v) is 8.49. The monoisotopic (exact) mass is 975 g/mol. The van der Waals surface area contributed by atoms with E-state index in [0.29, 0.717) is 19.3 Å². The molecule has 4 unspecified atom stereocenters. The Morgan fingerprint density at radius 1 is 0.333 bits per heavy atom. The number of carbonyl (C=O) groups is 3. The van der Waals surface area contributed by atoms with E-state index >= 15 is 0 Å². The van der Waals surface area contributed by atoms with E-state index in [9.17, 15) is 29.7 Å². The number of unbranched alkanes of at least 4 members (excludes halogenated alkanes) is 33. The van der Waals surface area contributed by atoms with Crippen LogP contribution < -0.4 is 0 Å². The molecular weight excluding hydrogens is 865 g/mol. The fraction of sp³-hybridized carbons (Fsp3) is 0.850. The largest absolute Gasteiger partial charge is 0.463 e. The Morgan fingerprint density at radius 2 is 0.594 bits per heavy atom. The molecule has 404 valence electrons. The number of ether oxygens (including phenoxy) is 3.